The maximum atomic E-state index is 5.74. The van der Waals surface area contributed by atoms with Crippen LogP contribution in [-0.4, -0.2) is 21.4 Å². The van der Waals surface area contributed by atoms with Crippen molar-refractivity contribution < 1.29 is 4.74 Å². The van der Waals surface area contributed by atoms with Crippen LogP contribution in [0.4, 0.5) is 0 Å². The summed E-state index contributed by atoms with van der Waals surface area (Å²) in [6.07, 6.45) is 4.51. The minimum Gasteiger partial charge on any atom is -0.424 e. The first-order valence-corrected chi connectivity index (χ1v) is 9.02. The second-order valence-corrected chi connectivity index (χ2v) is 6.98. The van der Waals surface area contributed by atoms with Crippen LogP contribution in [0.15, 0.2) is 54.2 Å². The first-order chi connectivity index (χ1) is 11.8. The van der Waals surface area contributed by atoms with Gasteiger partial charge in [-0.2, -0.15) is 0 Å². The van der Waals surface area contributed by atoms with Crippen molar-refractivity contribution >= 4 is 11.3 Å². The van der Waals surface area contributed by atoms with Gasteiger partial charge in [-0.15, -0.1) is 11.3 Å². The summed E-state index contributed by atoms with van der Waals surface area (Å²) in [7, 11) is 0. The molecule has 4 rings (SSSR count). The van der Waals surface area contributed by atoms with Crippen molar-refractivity contribution in [2.75, 3.05) is 6.54 Å². The van der Waals surface area contributed by atoms with Crippen LogP contribution in [0.5, 0.6) is 11.8 Å². The summed E-state index contributed by atoms with van der Waals surface area (Å²) < 4.78 is 5.74. The minimum absolute atomic E-state index is 0.379. The fourth-order valence-corrected chi connectivity index (χ4v) is 4.13. The first kappa shape index (κ1) is 15.3. The van der Waals surface area contributed by atoms with Gasteiger partial charge in [-0.25, -0.2) is 9.97 Å². The first-order valence-electron chi connectivity index (χ1n) is 8.14. The summed E-state index contributed by atoms with van der Waals surface area (Å²) in [6, 6.07) is 13.1. The number of aromatic nitrogens is 2. The van der Waals surface area contributed by atoms with E-state index in [4.69, 9.17) is 4.74 Å². The normalized spacial score (nSPS) is 17.5. The molecule has 5 heteroatoms. The topological polar surface area (TPSA) is 38.2 Å². The third kappa shape index (κ3) is 3.18. The maximum absolute atomic E-state index is 5.74. The molecule has 122 valence electrons. The smallest absolute Gasteiger partial charge is 0.321 e. The predicted molar refractivity (Wildman–Crippen MR) is 95.4 cm³/mol. The molecule has 0 radical (unpaired) electrons. The Labute approximate surface area is 145 Å². The lowest BCUT2D eigenvalue weighted by molar-refractivity contribution is 0.191. The van der Waals surface area contributed by atoms with Crippen LogP contribution in [0, 0.1) is 0 Å². The highest BCUT2D eigenvalue weighted by Crippen LogP contribution is 2.34. The largest absolute Gasteiger partial charge is 0.424 e. The molecule has 0 aliphatic carbocycles. The molecule has 0 amide bonds. The van der Waals surface area contributed by atoms with E-state index >= 15 is 0 Å². The second kappa shape index (κ2) is 6.71. The van der Waals surface area contributed by atoms with E-state index in [2.05, 4.69) is 45.4 Å². The number of hydrogen-bond acceptors (Lipinski definition) is 5. The van der Waals surface area contributed by atoms with Crippen molar-refractivity contribution in [3.05, 3.63) is 70.2 Å². The summed E-state index contributed by atoms with van der Waals surface area (Å²) in [5, 5.41) is 2.21. The van der Waals surface area contributed by atoms with E-state index in [1.165, 1.54) is 16.0 Å². The van der Waals surface area contributed by atoms with Crippen molar-refractivity contribution in [1.29, 1.82) is 0 Å². The molecule has 0 N–H and O–H groups in total. The predicted octanol–water partition coefficient (Wildman–Crippen LogP) is 4.45. The number of ether oxygens (including phenoxy) is 1. The standard InChI is InChI=1S/C19H19N3OS/c1-14-17-7-11-24-18(17)6-10-22(14)13-15-4-2-5-16(12-15)23-19-20-8-3-9-21-19/h2-5,7-9,11-12,14H,6,10,13H2,1H3/t14-/m0/s1. The molecule has 3 aromatic rings. The van der Waals surface area contributed by atoms with Gasteiger partial charge in [-0.3, -0.25) is 4.90 Å². The molecule has 1 atom stereocenters. The fourth-order valence-electron chi connectivity index (χ4n) is 3.16. The number of hydrogen-bond donors (Lipinski definition) is 0. The van der Waals surface area contributed by atoms with Gasteiger partial charge in [0.25, 0.3) is 0 Å². The van der Waals surface area contributed by atoms with Gasteiger partial charge in [0.15, 0.2) is 0 Å². The lowest BCUT2D eigenvalue weighted by Gasteiger charge is -2.33. The third-order valence-electron chi connectivity index (χ3n) is 4.44. The highest BCUT2D eigenvalue weighted by Gasteiger charge is 2.24. The Morgan fingerprint density at radius 1 is 1.21 bits per heavy atom. The summed E-state index contributed by atoms with van der Waals surface area (Å²) in [6.45, 7) is 4.31. The van der Waals surface area contributed by atoms with E-state index in [0.717, 1.165) is 25.3 Å². The van der Waals surface area contributed by atoms with Crippen LogP contribution in [0.3, 0.4) is 0 Å². The lowest BCUT2D eigenvalue weighted by atomic mass is 10.0. The Morgan fingerprint density at radius 2 is 2.08 bits per heavy atom. The quantitative estimate of drug-likeness (QED) is 0.705. The summed E-state index contributed by atoms with van der Waals surface area (Å²) in [5.74, 6) is 0.777. The molecule has 1 aliphatic rings. The average molecular weight is 337 g/mol. The fraction of sp³-hybridized carbons (Fsp3) is 0.263. The van der Waals surface area contributed by atoms with Crippen LogP contribution in [-0.2, 0) is 13.0 Å². The van der Waals surface area contributed by atoms with E-state index in [9.17, 15) is 0 Å². The molecule has 0 unspecified atom stereocenters. The molecule has 0 saturated heterocycles. The molecule has 0 saturated carbocycles. The van der Waals surface area contributed by atoms with Gasteiger partial charge in [0, 0.05) is 36.4 Å². The molecule has 0 spiro atoms. The molecule has 1 aliphatic heterocycles. The molecule has 4 nitrogen and oxygen atoms in total. The van der Waals surface area contributed by atoms with Crippen molar-refractivity contribution in [2.24, 2.45) is 0 Å². The minimum atomic E-state index is 0.379. The SMILES string of the molecule is C[C@H]1c2ccsc2CCN1Cc1cccc(Oc2ncccn2)c1. The van der Waals surface area contributed by atoms with Crippen LogP contribution in [0.25, 0.3) is 0 Å². The summed E-state index contributed by atoms with van der Waals surface area (Å²) >= 11 is 1.88. The zero-order chi connectivity index (χ0) is 16.4. The zero-order valence-electron chi connectivity index (χ0n) is 13.6. The van der Waals surface area contributed by atoms with Gasteiger partial charge in [0.1, 0.15) is 5.75 Å². The molecular formula is C19H19N3OS. The highest BCUT2D eigenvalue weighted by atomic mass is 32.1. The number of nitrogens with zero attached hydrogens (tertiary/aromatic N) is 3. The van der Waals surface area contributed by atoms with Crippen LogP contribution in [0.2, 0.25) is 0 Å². The third-order valence-corrected chi connectivity index (χ3v) is 5.44. The van der Waals surface area contributed by atoms with E-state index in [1.54, 1.807) is 18.5 Å². The average Bonchev–Trinajstić information content (AvgIpc) is 3.08. The Morgan fingerprint density at radius 3 is 2.96 bits per heavy atom. The van der Waals surface area contributed by atoms with Gasteiger partial charge >= 0.3 is 6.01 Å². The molecule has 3 heterocycles. The van der Waals surface area contributed by atoms with Gasteiger partial charge in [-0.1, -0.05) is 12.1 Å². The summed E-state index contributed by atoms with van der Waals surface area (Å²) in [4.78, 5) is 12.3. The molecule has 24 heavy (non-hydrogen) atoms. The van der Waals surface area contributed by atoms with Gasteiger partial charge < -0.3 is 4.74 Å². The zero-order valence-corrected chi connectivity index (χ0v) is 14.4. The Hall–Kier alpha value is -2.24. The Kier molecular flexibility index (Phi) is 4.28. The molecule has 0 fully saturated rings. The van der Waals surface area contributed by atoms with Crippen molar-refractivity contribution in [3.63, 3.8) is 0 Å². The van der Waals surface area contributed by atoms with Gasteiger partial charge in [0.05, 0.1) is 0 Å². The second-order valence-electron chi connectivity index (χ2n) is 5.98. The Balaban J connectivity index is 1.48. The van der Waals surface area contributed by atoms with Crippen LogP contribution in [0.1, 0.15) is 29.0 Å². The van der Waals surface area contributed by atoms with E-state index in [-0.39, 0.29) is 0 Å². The monoisotopic (exact) mass is 337 g/mol. The van der Waals surface area contributed by atoms with Gasteiger partial charge in [0.2, 0.25) is 0 Å². The Bertz CT molecular complexity index is 818. The van der Waals surface area contributed by atoms with E-state index in [1.807, 2.05) is 23.5 Å². The molecular weight excluding hydrogens is 318 g/mol. The van der Waals surface area contributed by atoms with E-state index < -0.39 is 0 Å². The highest BCUT2D eigenvalue weighted by molar-refractivity contribution is 7.10. The molecule has 0 bridgehead atoms. The van der Waals surface area contributed by atoms with Crippen molar-refractivity contribution in [3.8, 4) is 11.8 Å². The van der Waals surface area contributed by atoms with Crippen molar-refractivity contribution in [2.45, 2.75) is 25.9 Å². The number of thiophene rings is 1. The summed E-state index contributed by atoms with van der Waals surface area (Å²) in [5.41, 5.74) is 2.73. The van der Waals surface area contributed by atoms with Crippen LogP contribution >= 0.6 is 11.3 Å². The number of rotatable bonds is 4. The lowest BCUT2D eigenvalue weighted by Crippen LogP contribution is -2.32. The van der Waals surface area contributed by atoms with Gasteiger partial charge in [-0.05, 0) is 54.1 Å². The number of fused-ring (bicyclic) bond motifs is 1. The maximum Gasteiger partial charge on any atom is 0.321 e. The van der Waals surface area contributed by atoms with Crippen LogP contribution < -0.4 is 4.74 Å². The molecule has 2 aromatic heterocycles. The molecule has 1 aromatic carbocycles. The number of benzene rings is 1. The van der Waals surface area contributed by atoms with Crippen molar-refractivity contribution in [1.82, 2.24) is 14.9 Å². The van der Waals surface area contributed by atoms with E-state index in [0.29, 0.717) is 12.1 Å².